The average molecular weight is 330 g/mol. The molecule has 0 atom stereocenters. The topological polar surface area (TPSA) is 41.1 Å². The Balaban J connectivity index is 2.17. The third-order valence-electron chi connectivity index (χ3n) is 2.91. The number of benzene rings is 2. The standard InChI is InChI=1S/C15H11F5N2O/c1-8-2-5-12(11(17)6-8)21-14(23)22-13-7-9(15(18,19)20)3-4-10(13)16/h2-7H,1H3,(H2,21,22,23). The van der Waals surface area contributed by atoms with Crippen molar-refractivity contribution >= 4 is 17.4 Å². The molecule has 0 fully saturated rings. The highest BCUT2D eigenvalue weighted by Crippen LogP contribution is 2.31. The van der Waals surface area contributed by atoms with Gasteiger partial charge in [0.25, 0.3) is 0 Å². The molecule has 0 aliphatic heterocycles. The summed E-state index contributed by atoms with van der Waals surface area (Å²) >= 11 is 0. The SMILES string of the molecule is Cc1ccc(NC(=O)Nc2cc(C(F)(F)F)ccc2F)c(F)c1. The second kappa shape index (κ2) is 6.23. The third-order valence-corrected chi connectivity index (χ3v) is 2.91. The number of amides is 2. The van der Waals surface area contributed by atoms with E-state index < -0.39 is 35.1 Å². The molecule has 0 bridgehead atoms. The van der Waals surface area contributed by atoms with Crippen LogP contribution >= 0.6 is 0 Å². The number of carbonyl (C=O) groups is 1. The summed E-state index contributed by atoms with van der Waals surface area (Å²) in [6.45, 7) is 1.64. The molecule has 122 valence electrons. The lowest BCUT2D eigenvalue weighted by Gasteiger charge is -2.12. The molecule has 8 heteroatoms. The molecule has 0 aromatic heterocycles. The first-order valence-electron chi connectivity index (χ1n) is 6.38. The minimum Gasteiger partial charge on any atom is -0.305 e. The van der Waals surface area contributed by atoms with Crippen molar-refractivity contribution in [2.24, 2.45) is 0 Å². The summed E-state index contributed by atoms with van der Waals surface area (Å²) in [5.74, 6) is -1.76. The molecule has 0 spiro atoms. The van der Waals surface area contributed by atoms with Crippen LogP contribution in [0.5, 0.6) is 0 Å². The Labute approximate surface area is 128 Å². The number of aryl methyl sites for hydroxylation is 1. The normalized spacial score (nSPS) is 11.2. The van der Waals surface area contributed by atoms with E-state index in [1.54, 1.807) is 6.92 Å². The maximum atomic E-state index is 13.6. The van der Waals surface area contributed by atoms with Crippen LogP contribution in [-0.2, 0) is 6.18 Å². The number of halogens is 5. The first kappa shape index (κ1) is 16.7. The Bertz CT molecular complexity index is 743. The molecular formula is C15H11F5N2O. The second-order valence-electron chi connectivity index (χ2n) is 4.75. The molecule has 2 aromatic carbocycles. The molecule has 0 unspecified atom stereocenters. The first-order valence-corrected chi connectivity index (χ1v) is 6.38. The largest absolute Gasteiger partial charge is 0.416 e. The molecule has 2 rings (SSSR count). The number of rotatable bonds is 2. The van der Waals surface area contributed by atoms with Crippen LogP contribution in [0.1, 0.15) is 11.1 Å². The molecule has 0 heterocycles. The zero-order valence-corrected chi connectivity index (χ0v) is 11.8. The lowest BCUT2D eigenvalue weighted by molar-refractivity contribution is -0.137. The van der Waals surface area contributed by atoms with Crippen molar-refractivity contribution in [1.82, 2.24) is 0 Å². The van der Waals surface area contributed by atoms with Gasteiger partial charge in [0.1, 0.15) is 11.6 Å². The van der Waals surface area contributed by atoms with Crippen molar-refractivity contribution in [3.8, 4) is 0 Å². The highest BCUT2D eigenvalue weighted by molar-refractivity contribution is 5.99. The molecular weight excluding hydrogens is 319 g/mol. The van der Waals surface area contributed by atoms with E-state index in [1.165, 1.54) is 18.2 Å². The number of anilines is 2. The number of carbonyl (C=O) groups excluding carboxylic acids is 1. The summed E-state index contributed by atoms with van der Waals surface area (Å²) in [7, 11) is 0. The highest BCUT2D eigenvalue weighted by Gasteiger charge is 2.31. The van der Waals surface area contributed by atoms with Crippen LogP contribution in [-0.4, -0.2) is 6.03 Å². The van der Waals surface area contributed by atoms with Crippen LogP contribution in [0.25, 0.3) is 0 Å². The van der Waals surface area contributed by atoms with Crippen LogP contribution < -0.4 is 10.6 Å². The second-order valence-corrected chi connectivity index (χ2v) is 4.75. The number of hydrogen-bond donors (Lipinski definition) is 2. The zero-order valence-electron chi connectivity index (χ0n) is 11.8. The molecule has 0 aliphatic carbocycles. The third kappa shape index (κ3) is 4.18. The quantitative estimate of drug-likeness (QED) is 0.753. The van der Waals surface area contributed by atoms with E-state index in [1.807, 2.05) is 5.32 Å². The fraction of sp³-hybridized carbons (Fsp3) is 0.133. The summed E-state index contributed by atoms with van der Waals surface area (Å²) in [6, 6.07) is 4.52. The van der Waals surface area contributed by atoms with Gasteiger partial charge in [-0.05, 0) is 42.8 Å². The molecule has 2 N–H and O–H groups in total. The molecule has 0 saturated carbocycles. The Morgan fingerprint density at radius 1 is 0.913 bits per heavy atom. The first-order chi connectivity index (χ1) is 10.7. The minimum atomic E-state index is -4.68. The van der Waals surface area contributed by atoms with Crippen molar-refractivity contribution < 1.29 is 26.7 Å². The summed E-state index contributed by atoms with van der Waals surface area (Å²) in [5, 5.41) is 4.02. The smallest absolute Gasteiger partial charge is 0.305 e. The molecule has 0 radical (unpaired) electrons. The fourth-order valence-corrected chi connectivity index (χ4v) is 1.79. The lowest BCUT2D eigenvalue weighted by atomic mass is 10.2. The number of hydrogen-bond acceptors (Lipinski definition) is 1. The molecule has 2 amide bonds. The summed E-state index contributed by atoms with van der Waals surface area (Å²) in [5.41, 5.74) is -1.33. The van der Waals surface area contributed by atoms with Gasteiger partial charge in [-0.2, -0.15) is 13.2 Å². The van der Waals surface area contributed by atoms with Crippen LogP contribution in [0.15, 0.2) is 36.4 Å². The lowest BCUT2D eigenvalue weighted by Crippen LogP contribution is -2.21. The van der Waals surface area contributed by atoms with Gasteiger partial charge < -0.3 is 10.6 Å². The van der Waals surface area contributed by atoms with Crippen LogP contribution in [0.2, 0.25) is 0 Å². The Morgan fingerprint density at radius 2 is 1.57 bits per heavy atom. The van der Waals surface area contributed by atoms with E-state index in [0.717, 1.165) is 0 Å². The van der Waals surface area contributed by atoms with Gasteiger partial charge in [-0.25, -0.2) is 13.6 Å². The van der Waals surface area contributed by atoms with Gasteiger partial charge in [0.2, 0.25) is 0 Å². The van der Waals surface area contributed by atoms with Gasteiger partial charge >= 0.3 is 12.2 Å². The van der Waals surface area contributed by atoms with Gasteiger partial charge in [-0.1, -0.05) is 6.07 Å². The van der Waals surface area contributed by atoms with E-state index in [2.05, 4.69) is 5.32 Å². The van der Waals surface area contributed by atoms with Gasteiger partial charge in [0.05, 0.1) is 16.9 Å². The number of nitrogens with one attached hydrogen (secondary N) is 2. The number of urea groups is 1. The van der Waals surface area contributed by atoms with E-state index in [0.29, 0.717) is 23.8 Å². The van der Waals surface area contributed by atoms with E-state index in [-0.39, 0.29) is 5.69 Å². The Hall–Kier alpha value is -2.64. The fourth-order valence-electron chi connectivity index (χ4n) is 1.79. The average Bonchev–Trinajstić information content (AvgIpc) is 2.43. The Kier molecular flexibility index (Phi) is 4.53. The van der Waals surface area contributed by atoms with E-state index in [4.69, 9.17) is 0 Å². The molecule has 0 aliphatic rings. The maximum absolute atomic E-state index is 13.6. The van der Waals surface area contributed by atoms with Gasteiger partial charge in [0.15, 0.2) is 0 Å². The molecule has 3 nitrogen and oxygen atoms in total. The maximum Gasteiger partial charge on any atom is 0.416 e. The van der Waals surface area contributed by atoms with E-state index in [9.17, 15) is 26.7 Å². The zero-order chi connectivity index (χ0) is 17.2. The molecule has 2 aromatic rings. The predicted octanol–water partition coefficient (Wildman–Crippen LogP) is 4.94. The monoisotopic (exact) mass is 330 g/mol. The van der Waals surface area contributed by atoms with Crippen molar-refractivity contribution in [2.75, 3.05) is 10.6 Å². The minimum absolute atomic E-state index is 0.180. The summed E-state index contributed by atoms with van der Waals surface area (Å²) in [4.78, 5) is 11.7. The van der Waals surface area contributed by atoms with Gasteiger partial charge in [0, 0.05) is 0 Å². The van der Waals surface area contributed by atoms with E-state index >= 15 is 0 Å². The van der Waals surface area contributed by atoms with Crippen molar-refractivity contribution in [2.45, 2.75) is 13.1 Å². The summed E-state index contributed by atoms with van der Waals surface area (Å²) < 4.78 is 64.8. The van der Waals surface area contributed by atoms with Crippen LogP contribution in [0.3, 0.4) is 0 Å². The van der Waals surface area contributed by atoms with Gasteiger partial charge in [-0.15, -0.1) is 0 Å². The Morgan fingerprint density at radius 3 is 2.17 bits per heavy atom. The van der Waals surface area contributed by atoms with Crippen molar-refractivity contribution in [3.05, 3.63) is 59.2 Å². The van der Waals surface area contributed by atoms with Gasteiger partial charge in [-0.3, -0.25) is 0 Å². The van der Waals surface area contributed by atoms with Crippen molar-refractivity contribution in [1.29, 1.82) is 0 Å². The van der Waals surface area contributed by atoms with Crippen molar-refractivity contribution in [3.63, 3.8) is 0 Å². The summed E-state index contributed by atoms with van der Waals surface area (Å²) in [6.07, 6.45) is -4.68. The van der Waals surface area contributed by atoms with Crippen LogP contribution in [0, 0.1) is 18.6 Å². The predicted molar refractivity (Wildman–Crippen MR) is 75.2 cm³/mol. The molecule has 23 heavy (non-hydrogen) atoms. The van der Waals surface area contributed by atoms with Crippen LogP contribution in [0.4, 0.5) is 38.1 Å². The highest BCUT2D eigenvalue weighted by atomic mass is 19.4. The number of alkyl halides is 3. The molecule has 0 saturated heterocycles.